The molecule has 0 amide bonds. The zero-order chi connectivity index (χ0) is 36.3. The normalized spacial score (nSPS) is 14.3. The first-order valence-corrected chi connectivity index (χ1v) is 19.3. The molecule has 1 aliphatic rings. The van der Waals surface area contributed by atoms with Crippen molar-refractivity contribution in [3.63, 3.8) is 0 Å². The lowest BCUT2D eigenvalue weighted by Crippen LogP contribution is -2.18. The van der Waals surface area contributed by atoms with Crippen LogP contribution in [0.2, 0.25) is 0 Å². The second-order valence-corrected chi connectivity index (χ2v) is 14.8. The van der Waals surface area contributed by atoms with Crippen LogP contribution in [0.5, 0.6) is 0 Å². The number of fused-ring (bicyclic) bond motifs is 8. The van der Waals surface area contributed by atoms with Gasteiger partial charge in [0.1, 0.15) is 0 Å². The fourth-order valence-electron chi connectivity index (χ4n) is 9.12. The van der Waals surface area contributed by atoms with E-state index in [2.05, 4.69) is 211 Å². The van der Waals surface area contributed by atoms with E-state index in [4.69, 9.17) is 0 Å². The molecule has 1 heteroatoms. The molecule has 0 saturated heterocycles. The summed E-state index contributed by atoms with van der Waals surface area (Å²) in [5.74, 6) is 0.271. The monoisotopic (exact) mass is 699 g/mol. The summed E-state index contributed by atoms with van der Waals surface area (Å²) in [6, 6.07) is 69.2. The molecule has 0 N–H and O–H groups in total. The Labute approximate surface area is 320 Å². The lowest BCUT2D eigenvalue weighted by molar-refractivity contribution is 0.849. The molecule has 0 aromatic heterocycles. The van der Waals surface area contributed by atoms with Crippen molar-refractivity contribution in [1.29, 1.82) is 0 Å². The third-order valence-electron chi connectivity index (χ3n) is 11.7. The summed E-state index contributed by atoms with van der Waals surface area (Å²) in [6.07, 6.45) is 8.16. The number of hydrogen-bond acceptors (Lipinski definition) is 1. The Balaban J connectivity index is 1.07. The summed E-state index contributed by atoms with van der Waals surface area (Å²) >= 11 is 0. The highest BCUT2D eigenvalue weighted by Gasteiger charge is 2.23. The minimum absolute atomic E-state index is 0.271. The van der Waals surface area contributed by atoms with Gasteiger partial charge in [-0.05, 0) is 113 Å². The van der Waals surface area contributed by atoms with Gasteiger partial charge in [-0.25, -0.2) is 0 Å². The van der Waals surface area contributed by atoms with E-state index in [-0.39, 0.29) is 5.92 Å². The van der Waals surface area contributed by atoms with Crippen molar-refractivity contribution < 1.29 is 0 Å². The SMILES string of the molecule is C1=CC(c2cc3ccccc3c3ccccc23)CC=C1N(c1ccc(-c2cc3ccccc3c3ccccc23)cc1)c1c2ccccc2cc2ccccc12. The molecule has 0 spiro atoms. The summed E-state index contributed by atoms with van der Waals surface area (Å²) in [6.45, 7) is 0. The van der Waals surface area contributed by atoms with E-state index in [1.54, 1.807) is 0 Å². The van der Waals surface area contributed by atoms with Gasteiger partial charge in [-0.2, -0.15) is 0 Å². The topological polar surface area (TPSA) is 3.24 Å². The number of rotatable bonds is 5. The smallest absolute Gasteiger partial charge is 0.0618 e. The van der Waals surface area contributed by atoms with Crippen LogP contribution in [-0.4, -0.2) is 0 Å². The van der Waals surface area contributed by atoms with Crippen LogP contribution in [0.1, 0.15) is 17.9 Å². The van der Waals surface area contributed by atoms with Crippen molar-refractivity contribution in [3.05, 3.63) is 218 Å². The lowest BCUT2D eigenvalue weighted by atomic mass is 9.85. The molecule has 0 heterocycles. The molecule has 10 aromatic rings. The maximum Gasteiger partial charge on any atom is 0.0618 e. The molecule has 10 aromatic carbocycles. The number of nitrogens with zero attached hydrogens (tertiary/aromatic N) is 1. The van der Waals surface area contributed by atoms with Crippen LogP contribution < -0.4 is 4.90 Å². The van der Waals surface area contributed by atoms with Crippen LogP contribution in [-0.2, 0) is 0 Å². The van der Waals surface area contributed by atoms with Crippen LogP contribution in [0.4, 0.5) is 11.4 Å². The zero-order valence-electron chi connectivity index (χ0n) is 30.4. The van der Waals surface area contributed by atoms with Crippen molar-refractivity contribution in [3.8, 4) is 11.1 Å². The van der Waals surface area contributed by atoms with E-state index in [9.17, 15) is 0 Å². The van der Waals surface area contributed by atoms with Crippen LogP contribution in [0, 0.1) is 0 Å². The first-order valence-electron chi connectivity index (χ1n) is 19.3. The van der Waals surface area contributed by atoms with E-state index >= 15 is 0 Å². The highest BCUT2D eigenvalue weighted by molar-refractivity contribution is 6.15. The highest BCUT2D eigenvalue weighted by atomic mass is 15.1. The molecule has 258 valence electrons. The molecule has 0 radical (unpaired) electrons. The maximum absolute atomic E-state index is 2.50. The minimum Gasteiger partial charge on any atom is -0.310 e. The van der Waals surface area contributed by atoms with Gasteiger partial charge in [0.15, 0.2) is 0 Å². The van der Waals surface area contributed by atoms with Gasteiger partial charge >= 0.3 is 0 Å². The zero-order valence-corrected chi connectivity index (χ0v) is 30.4. The Morgan fingerprint density at radius 3 is 1.45 bits per heavy atom. The molecular formula is C54H37N. The van der Waals surface area contributed by atoms with E-state index in [0.717, 1.165) is 12.1 Å². The fourth-order valence-corrected chi connectivity index (χ4v) is 9.12. The van der Waals surface area contributed by atoms with Crippen molar-refractivity contribution in [1.82, 2.24) is 0 Å². The van der Waals surface area contributed by atoms with E-state index in [0.29, 0.717) is 0 Å². The van der Waals surface area contributed by atoms with Gasteiger partial charge in [0.05, 0.1) is 5.69 Å². The van der Waals surface area contributed by atoms with Gasteiger partial charge in [0.25, 0.3) is 0 Å². The molecule has 1 nitrogen and oxygen atoms in total. The maximum atomic E-state index is 2.50. The summed E-state index contributed by atoms with van der Waals surface area (Å²) < 4.78 is 0. The van der Waals surface area contributed by atoms with Gasteiger partial charge in [0.2, 0.25) is 0 Å². The van der Waals surface area contributed by atoms with Gasteiger partial charge in [-0.3, -0.25) is 0 Å². The summed E-state index contributed by atoms with van der Waals surface area (Å²) in [5.41, 5.74) is 7.39. The first-order chi connectivity index (χ1) is 27.3. The molecule has 1 unspecified atom stereocenters. The van der Waals surface area contributed by atoms with E-state index in [1.807, 2.05) is 0 Å². The number of anilines is 2. The van der Waals surface area contributed by atoms with Crippen molar-refractivity contribution >= 4 is 76.0 Å². The molecule has 0 aliphatic heterocycles. The fraction of sp³-hybridized carbons (Fsp3) is 0.0370. The van der Waals surface area contributed by atoms with Crippen molar-refractivity contribution in [2.45, 2.75) is 12.3 Å². The second-order valence-electron chi connectivity index (χ2n) is 14.8. The Kier molecular flexibility index (Phi) is 7.38. The van der Waals surface area contributed by atoms with Gasteiger partial charge in [-0.1, -0.05) is 170 Å². The standard InChI is InChI=1S/C54H37N/c1-5-17-44-40(15-1)34-52(50-23-11-9-21-48(44)50)36-25-29-42(30-26-36)55(54-46-19-7-3-13-38(46)33-39-14-4-8-20-47(39)54)43-31-27-37(28-32-43)53-35-41-16-2-6-18-45(41)49-22-10-12-24-51(49)53/h1-27,29-35,37H,28H2. The third kappa shape index (κ3) is 5.23. The van der Waals surface area contributed by atoms with Crippen LogP contribution in [0.25, 0.3) is 75.8 Å². The molecule has 0 fully saturated rings. The Bertz CT molecular complexity index is 3130. The Morgan fingerprint density at radius 1 is 0.400 bits per heavy atom. The van der Waals surface area contributed by atoms with Gasteiger partial charge in [0, 0.05) is 28.1 Å². The lowest BCUT2D eigenvalue weighted by Gasteiger charge is -2.31. The molecule has 0 bridgehead atoms. The Morgan fingerprint density at radius 2 is 0.873 bits per heavy atom. The molecule has 1 aliphatic carbocycles. The van der Waals surface area contributed by atoms with Gasteiger partial charge < -0.3 is 4.90 Å². The molecule has 55 heavy (non-hydrogen) atoms. The van der Waals surface area contributed by atoms with E-state index in [1.165, 1.54) is 92.7 Å². The number of benzene rings is 10. The summed E-state index contributed by atoms with van der Waals surface area (Å²) in [5, 5.41) is 15.3. The largest absolute Gasteiger partial charge is 0.310 e. The second kappa shape index (κ2) is 12.9. The van der Waals surface area contributed by atoms with Crippen LogP contribution >= 0.6 is 0 Å². The molecule has 1 atom stereocenters. The third-order valence-corrected chi connectivity index (χ3v) is 11.7. The quantitative estimate of drug-likeness (QED) is 0.128. The minimum atomic E-state index is 0.271. The molecular weight excluding hydrogens is 663 g/mol. The summed E-state index contributed by atoms with van der Waals surface area (Å²) in [4.78, 5) is 2.50. The molecule has 11 rings (SSSR count). The van der Waals surface area contributed by atoms with E-state index < -0.39 is 0 Å². The summed E-state index contributed by atoms with van der Waals surface area (Å²) in [7, 11) is 0. The van der Waals surface area contributed by atoms with Crippen LogP contribution in [0.15, 0.2) is 212 Å². The number of hydrogen-bond donors (Lipinski definition) is 0. The first kappa shape index (κ1) is 31.6. The molecule has 0 saturated carbocycles. The average molecular weight is 700 g/mol. The Hall–Kier alpha value is -6.96. The van der Waals surface area contributed by atoms with Crippen molar-refractivity contribution in [2.75, 3.05) is 4.90 Å². The predicted octanol–water partition coefficient (Wildman–Crippen LogP) is 15.0. The average Bonchev–Trinajstić information content (AvgIpc) is 3.26. The number of allylic oxidation sites excluding steroid dienone is 3. The van der Waals surface area contributed by atoms with Gasteiger partial charge in [-0.15, -0.1) is 0 Å². The van der Waals surface area contributed by atoms with Crippen molar-refractivity contribution in [2.24, 2.45) is 0 Å². The van der Waals surface area contributed by atoms with Crippen LogP contribution in [0.3, 0.4) is 0 Å². The highest BCUT2D eigenvalue weighted by Crippen LogP contribution is 2.45. The predicted molar refractivity (Wildman–Crippen MR) is 237 cm³/mol.